The van der Waals surface area contributed by atoms with Crippen LogP contribution in [0.15, 0.2) is 22.6 Å². The van der Waals surface area contributed by atoms with Crippen LogP contribution in [0.25, 0.3) is 11.5 Å². The molecule has 6 heteroatoms. The molecule has 0 saturated carbocycles. The number of benzene rings is 1. The van der Waals surface area contributed by atoms with Crippen molar-refractivity contribution in [3.63, 3.8) is 0 Å². The fourth-order valence-electron chi connectivity index (χ4n) is 2.98. The summed E-state index contributed by atoms with van der Waals surface area (Å²) in [6, 6.07) is 6.11. The van der Waals surface area contributed by atoms with Gasteiger partial charge in [-0.25, -0.2) is 4.98 Å². The molecule has 1 atom stereocenters. The van der Waals surface area contributed by atoms with Crippen LogP contribution in [-0.2, 0) is 6.54 Å². The van der Waals surface area contributed by atoms with Gasteiger partial charge in [-0.05, 0) is 32.0 Å². The maximum Gasteiger partial charge on any atom is 0.230 e. The van der Waals surface area contributed by atoms with Crippen LogP contribution in [0.3, 0.4) is 0 Å². The average Bonchev–Trinajstić information content (AvgIpc) is 2.97. The van der Waals surface area contributed by atoms with E-state index in [0.717, 1.165) is 54.7 Å². The van der Waals surface area contributed by atoms with E-state index in [1.165, 1.54) is 0 Å². The Kier molecular flexibility index (Phi) is 5.06. The summed E-state index contributed by atoms with van der Waals surface area (Å²) in [5.41, 5.74) is 1.78. The Balaban J connectivity index is 1.88. The molecule has 0 aliphatic carbocycles. The Morgan fingerprint density at radius 2 is 2.17 bits per heavy atom. The molecule has 0 spiro atoms. The number of piperazine rings is 1. The minimum Gasteiger partial charge on any atom is -0.497 e. The van der Waals surface area contributed by atoms with Crippen LogP contribution in [0.4, 0.5) is 0 Å². The predicted molar refractivity (Wildman–Crippen MR) is 92.5 cm³/mol. The zero-order valence-corrected chi connectivity index (χ0v) is 14.8. The van der Waals surface area contributed by atoms with E-state index in [9.17, 15) is 0 Å². The van der Waals surface area contributed by atoms with Gasteiger partial charge in [0.15, 0.2) is 0 Å². The van der Waals surface area contributed by atoms with Gasteiger partial charge in [0.05, 0.1) is 25.5 Å². The molecule has 3 rings (SSSR count). The van der Waals surface area contributed by atoms with Crippen molar-refractivity contribution in [1.29, 1.82) is 0 Å². The largest absolute Gasteiger partial charge is 0.497 e. The molecule has 1 saturated heterocycles. The quantitative estimate of drug-likeness (QED) is 0.908. The first-order valence-electron chi connectivity index (χ1n) is 8.26. The molecule has 1 N–H and O–H groups in total. The van der Waals surface area contributed by atoms with Crippen LogP contribution >= 0.6 is 0 Å². The third-order valence-corrected chi connectivity index (χ3v) is 4.52. The summed E-state index contributed by atoms with van der Waals surface area (Å²) in [7, 11) is 3.29. The van der Waals surface area contributed by atoms with Crippen LogP contribution in [0, 0.1) is 6.92 Å². The van der Waals surface area contributed by atoms with E-state index < -0.39 is 0 Å². The molecule has 6 nitrogen and oxygen atoms in total. The van der Waals surface area contributed by atoms with E-state index in [4.69, 9.17) is 18.9 Å². The number of hydrogen-bond donors (Lipinski definition) is 1. The van der Waals surface area contributed by atoms with Crippen LogP contribution in [0.1, 0.15) is 18.4 Å². The van der Waals surface area contributed by atoms with Gasteiger partial charge in [0.2, 0.25) is 5.89 Å². The van der Waals surface area contributed by atoms with Crippen molar-refractivity contribution >= 4 is 0 Å². The lowest BCUT2D eigenvalue weighted by atomic mass is 10.2. The van der Waals surface area contributed by atoms with Crippen molar-refractivity contribution in [2.24, 2.45) is 0 Å². The molecule has 1 aliphatic heterocycles. The average molecular weight is 331 g/mol. The number of methoxy groups -OCH3 is 2. The highest BCUT2D eigenvalue weighted by molar-refractivity contribution is 5.65. The molecule has 1 aliphatic rings. The van der Waals surface area contributed by atoms with Crippen molar-refractivity contribution < 1.29 is 13.9 Å². The lowest BCUT2D eigenvalue weighted by Gasteiger charge is -2.33. The summed E-state index contributed by atoms with van der Waals surface area (Å²) in [5, 5.41) is 3.41. The van der Waals surface area contributed by atoms with Gasteiger partial charge in [-0.3, -0.25) is 4.90 Å². The summed E-state index contributed by atoms with van der Waals surface area (Å²) in [6.45, 7) is 8.03. The summed E-state index contributed by atoms with van der Waals surface area (Å²) in [4.78, 5) is 7.15. The molecule has 2 aromatic rings. The van der Waals surface area contributed by atoms with E-state index in [2.05, 4.69) is 17.1 Å². The Bertz CT molecular complexity index is 699. The number of ether oxygens (including phenoxy) is 2. The van der Waals surface area contributed by atoms with E-state index in [-0.39, 0.29) is 0 Å². The number of nitrogens with zero attached hydrogens (tertiary/aromatic N) is 2. The second kappa shape index (κ2) is 7.23. The van der Waals surface area contributed by atoms with Gasteiger partial charge in [-0.2, -0.15) is 0 Å². The number of hydrogen-bond acceptors (Lipinski definition) is 6. The first-order valence-corrected chi connectivity index (χ1v) is 8.26. The Hall–Kier alpha value is -2.05. The predicted octanol–water partition coefficient (Wildman–Crippen LogP) is 2.46. The Morgan fingerprint density at radius 3 is 2.88 bits per heavy atom. The highest BCUT2D eigenvalue weighted by atomic mass is 16.5. The minimum atomic E-state index is 0.490. The van der Waals surface area contributed by atoms with E-state index in [1.54, 1.807) is 14.2 Å². The minimum absolute atomic E-state index is 0.490. The van der Waals surface area contributed by atoms with Gasteiger partial charge < -0.3 is 19.2 Å². The molecule has 2 heterocycles. The summed E-state index contributed by atoms with van der Waals surface area (Å²) in [5.74, 6) is 2.89. The van der Waals surface area contributed by atoms with E-state index in [1.807, 2.05) is 25.1 Å². The Morgan fingerprint density at radius 1 is 1.33 bits per heavy atom. The van der Waals surface area contributed by atoms with Crippen LogP contribution in [0.2, 0.25) is 0 Å². The van der Waals surface area contributed by atoms with Crippen LogP contribution in [0.5, 0.6) is 11.5 Å². The number of nitrogens with one attached hydrogen (secondary N) is 1. The van der Waals surface area contributed by atoms with Crippen molar-refractivity contribution in [3.8, 4) is 23.0 Å². The zero-order chi connectivity index (χ0) is 17.1. The number of oxazole rings is 1. The fraction of sp³-hybridized carbons (Fsp3) is 0.500. The molecule has 1 aromatic carbocycles. The summed E-state index contributed by atoms with van der Waals surface area (Å²) >= 11 is 0. The summed E-state index contributed by atoms with van der Waals surface area (Å²) < 4.78 is 16.7. The SMILES string of the molecule is COc1ccc(OC)c(-c2nc(CN3CCNC[C@@H]3C)c(C)o2)c1. The van der Waals surface area contributed by atoms with Crippen molar-refractivity contribution in [1.82, 2.24) is 15.2 Å². The maximum absolute atomic E-state index is 5.93. The topological polar surface area (TPSA) is 59.8 Å². The second-order valence-corrected chi connectivity index (χ2v) is 6.11. The molecule has 0 unspecified atom stereocenters. The molecule has 1 aromatic heterocycles. The maximum atomic E-state index is 5.93. The van der Waals surface area contributed by atoms with Crippen LogP contribution in [-0.4, -0.2) is 49.8 Å². The normalized spacial score (nSPS) is 18.6. The smallest absolute Gasteiger partial charge is 0.230 e. The number of aromatic nitrogens is 1. The molecule has 24 heavy (non-hydrogen) atoms. The van der Waals surface area contributed by atoms with Crippen molar-refractivity contribution in [3.05, 3.63) is 29.7 Å². The molecular weight excluding hydrogens is 306 g/mol. The van der Waals surface area contributed by atoms with Crippen molar-refractivity contribution in [2.45, 2.75) is 26.4 Å². The van der Waals surface area contributed by atoms with Gasteiger partial charge in [0.25, 0.3) is 0 Å². The van der Waals surface area contributed by atoms with E-state index in [0.29, 0.717) is 11.9 Å². The highest BCUT2D eigenvalue weighted by Crippen LogP contribution is 2.34. The van der Waals surface area contributed by atoms with Gasteiger partial charge >= 0.3 is 0 Å². The third kappa shape index (κ3) is 3.39. The fourth-order valence-corrected chi connectivity index (χ4v) is 2.98. The van der Waals surface area contributed by atoms with Crippen molar-refractivity contribution in [2.75, 3.05) is 33.9 Å². The second-order valence-electron chi connectivity index (χ2n) is 6.11. The summed E-state index contributed by atoms with van der Waals surface area (Å²) in [6.07, 6.45) is 0. The highest BCUT2D eigenvalue weighted by Gasteiger charge is 2.22. The van der Waals surface area contributed by atoms with Crippen LogP contribution < -0.4 is 14.8 Å². The monoisotopic (exact) mass is 331 g/mol. The standard InChI is InChI=1S/C18H25N3O3/c1-12-10-19-7-8-21(12)11-16-13(2)24-18(20-16)15-9-14(22-3)5-6-17(15)23-4/h5-6,9,12,19H,7-8,10-11H2,1-4H3/t12-/m0/s1. The Labute approximate surface area is 142 Å². The lowest BCUT2D eigenvalue weighted by molar-refractivity contribution is 0.163. The first-order chi connectivity index (χ1) is 11.6. The van der Waals surface area contributed by atoms with Gasteiger partial charge in [0, 0.05) is 32.2 Å². The number of rotatable bonds is 5. The van der Waals surface area contributed by atoms with E-state index >= 15 is 0 Å². The molecule has 1 fully saturated rings. The third-order valence-electron chi connectivity index (χ3n) is 4.52. The zero-order valence-electron chi connectivity index (χ0n) is 14.8. The molecule has 0 radical (unpaired) electrons. The van der Waals surface area contributed by atoms with Gasteiger partial charge in [0.1, 0.15) is 17.3 Å². The molecule has 0 bridgehead atoms. The van der Waals surface area contributed by atoms with Gasteiger partial charge in [-0.1, -0.05) is 0 Å². The lowest BCUT2D eigenvalue weighted by Crippen LogP contribution is -2.49. The van der Waals surface area contributed by atoms with Gasteiger partial charge in [-0.15, -0.1) is 0 Å². The number of aryl methyl sites for hydroxylation is 1. The molecule has 130 valence electrons. The molecule has 0 amide bonds. The molecular formula is C18H25N3O3. The first kappa shape index (κ1) is 16.8.